The Hall–Kier alpha value is -3.10. The molecule has 2 aromatic heterocycles. The van der Waals surface area contributed by atoms with Gasteiger partial charge in [-0.2, -0.15) is 4.98 Å². The average molecular weight is 430 g/mol. The molecule has 0 atom stereocenters. The molecule has 0 saturated heterocycles. The largest absolute Gasteiger partial charge is 0.497 e. The fraction of sp³-hybridized carbons (Fsp3) is 0.100. The van der Waals surface area contributed by atoms with E-state index < -0.39 is 15.6 Å². The van der Waals surface area contributed by atoms with Crippen LogP contribution in [0.25, 0.3) is 16.6 Å². The lowest BCUT2D eigenvalue weighted by atomic mass is 10.2. The number of hydrogen-bond acceptors (Lipinski definition) is 5. The van der Waals surface area contributed by atoms with Crippen LogP contribution in [0.4, 0.5) is 5.69 Å². The minimum atomic E-state index is -4.02. The number of aromatic nitrogens is 2. The lowest BCUT2D eigenvalue weighted by Crippen LogP contribution is -2.27. The van der Waals surface area contributed by atoms with Crippen LogP contribution in [0.5, 0.6) is 5.75 Å². The molecule has 0 spiro atoms. The molecule has 0 aliphatic carbocycles. The van der Waals surface area contributed by atoms with Gasteiger partial charge in [0, 0.05) is 13.2 Å². The van der Waals surface area contributed by atoms with Gasteiger partial charge in [0.15, 0.2) is 0 Å². The highest BCUT2D eigenvalue weighted by Gasteiger charge is 2.26. The monoisotopic (exact) mass is 429 g/mol. The minimum Gasteiger partial charge on any atom is -0.497 e. The van der Waals surface area contributed by atoms with Gasteiger partial charge in [-0.3, -0.25) is 9.10 Å². The van der Waals surface area contributed by atoms with E-state index in [1.165, 1.54) is 26.3 Å². The normalized spacial score (nSPS) is 11.7. The third-order valence-corrected chi connectivity index (χ3v) is 6.92. The summed E-state index contributed by atoms with van der Waals surface area (Å²) in [5.74, 6) is 0.606. The van der Waals surface area contributed by atoms with E-state index in [-0.39, 0.29) is 15.3 Å². The zero-order chi connectivity index (χ0) is 20.8. The molecule has 9 heteroatoms. The summed E-state index contributed by atoms with van der Waals surface area (Å²) in [6, 6.07) is 14.6. The van der Waals surface area contributed by atoms with Gasteiger partial charge in [0.2, 0.25) is 0 Å². The molecule has 4 aromatic rings. The molecule has 29 heavy (non-hydrogen) atoms. The highest BCUT2D eigenvalue weighted by atomic mass is 35.5. The SMILES string of the molecule is COc1ccc(N(C)S(=O)(=O)c2cc3c(=O)nc4ccccn4c3cc2Cl)cc1. The van der Waals surface area contributed by atoms with E-state index in [9.17, 15) is 13.2 Å². The zero-order valence-corrected chi connectivity index (χ0v) is 17.1. The van der Waals surface area contributed by atoms with Gasteiger partial charge < -0.3 is 9.14 Å². The summed E-state index contributed by atoms with van der Waals surface area (Å²) >= 11 is 6.36. The number of rotatable bonds is 4. The fourth-order valence-corrected chi connectivity index (χ4v) is 4.80. The Morgan fingerprint density at radius 3 is 2.52 bits per heavy atom. The van der Waals surface area contributed by atoms with Gasteiger partial charge in [-0.1, -0.05) is 17.7 Å². The third kappa shape index (κ3) is 3.20. The van der Waals surface area contributed by atoms with Crippen molar-refractivity contribution in [2.45, 2.75) is 4.90 Å². The summed E-state index contributed by atoms with van der Waals surface area (Å²) in [4.78, 5) is 16.4. The third-order valence-electron chi connectivity index (χ3n) is 4.67. The number of pyridine rings is 1. The Balaban J connectivity index is 1.90. The van der Waals surface area contributed by atoms with Crippen molar-refractivity contribution >= 4 is 43.9 Å². The summed E-state index contributed by atoms with van der Waals surface area (Å²) in [5, 5.41) is 0.181. The number of nitrogens with zero attached hydrogens (tertiary/aromatic N) is 3. The van der Waals surface area contributed by atoms with Crippen LogP contribution in [-0.4, -0.2) is 32.0 Å². The quantitative estimate of drug-likeness (QED) is 0.465. The van der Waals surface area contributed by atoms with Gasteiger partial charge >= 0.3 is 0 Å². The van der Waals surface area contributed by atoms with Crippen molar-refractivity contribution in [1.82, 2.24) is 9.38 Å². The van der Waals surface area contributed by atoms with Crippen molar-refractivity contribution in [2.24, 2.45) is 0 Å². The number of ether oxygens (including phenoxy) is 1. The number of hydrogen-bond donors (Lipinski definition) is 0. The van der Waals surface area contributed by atoms with Crippen molar-refractivity contribution in [2.75, 3.05) is 18.5 Å². The van der Waals surface area contributed by atoms with Gasteiger partial charge in [-0.15, -0.1) is 0 Å². The maximum absolute atomic E-state index is 13.2. The molecule has 148 valence electrons. The smallest absolute Gasteiger partial charge is 0.281 e. The van der Waals surface area contributed by atoms with Gasteiger partial charge in [-0.25, -0.2) is 8.42 Å². The van der Waals surface area contributed by atoms with Crippen LogP contribution in [0.15, 0.2) is 70.5 Å². The Labute approximate surface area is 171 Å². The Bertz CT molecular complexity index is 1400. The number of halogens is 1. The number of fused-ring (bicyclic) bond motifs is 3. The van der Waals surface area contributed by atoms with Crippen molar-refractivity contribution in [3.05, 3.63) is 76.2 Å². The van der Waals surface area contributed by atoms with Crippen molar-refractivity contribution in [3.8, 4) is 5.75 Å². The molecule has 0 fully saturated rings. The first-order valence-electron chi connectivity index (χ1n) is 8.56. The highest BCUT2D eigenvalue weighted by molar-refractivity contribution is 7.93. The van der Waals surface area contributed by atoms with Gasteiger partial charge in [-0.05, 0) is 48.5 Å². The van der Waals surface area contributed by atoms with Crippen LogP contribution in [0.1, 0.15) is 0 Å². The number of methoxy groups -OCH3 is 1. The Kier molecular flexibility index (Phi) is 4.68. The average Bonchev–Trinajstić information content (AvgIpc) is 2.73. The topological polar surface area (TPSA) is 81.0 Å². The predicted molar refractivity (Wildman–Crippen MR) is 113 cm³/mol. The molecular weight excluding hydrogens is 414 g/mol. The van der Waals surface area contributed by atoms with E-state index in [0.29, 0.717) is 22.6 Å². The molecule has 7 nitrogen and oxygen atoms in total. The van der Waals surface area contributed by atoms with Gasteiger partial charge in [0.1, 0.15) is 16.3 Å². The van der Waals surface area contributed by atoms with Gasteiger partial charge in [0.05, 0.1) is 28.7 Å². The fourth-order valence-electron chi connectivity index (χ4n) is 3.08. The molecule has 2 heterocycles. The molecule has 0 aliphatic rings. The predicted octanol–water partition coefficient (Wildman–Crippen LogP) is 3.33. The second kappa shape index (κ2) is 7.06. The lowest BCUT2D eigenvalue weighted by Gasteiger charge is -2.21. The van der Waals surface area contributed by atoms with E-state index in [1.54, 1.807) is 53.1 Å². The highest BCUT2D eigenvalue weighted by Crippen LogP contribution is 2.31. The van der Waals surface area contributed by atoms with E-state index in [4.69, 9.17) is 16.3 Å². The molecule has 0 unspecified atom stereocenters. The Morgan fingerprint density at radius 1 is 1.10 bits per heavy atom. The van der Waals surface area contributed by atoms with Crippen LogP contribution in [0, 0.1) is 0 Å². The zero-order valence-electron chi connectivity index (χ0n) is 15.5. The molecule has 0 amide bonds. The molecule has 0 N–H and O–H groups in total. The summed E-state index contributed by atoms with van der Waals surface area (Å²) < 4.78 is 34.3. The minimum absolute atomic E-state index is 0.0149. The number of anilines is 1. The van der Waals surface area contributed by atoms with Crippen molar-refractivity contribution in [1.29, 1.82) is 0 Å². The molecule has 4 rings (SSSR count). The van der Waals surface area contributed by atoms with Crippen LogP contribution in [0.3, 0.4) is 0 Å². The van der Waals surface area contributed by atoms with Crippen molar-refractivity contribution in [3.63, 3.8) is 0 Å². The number of benzene rings is 2. The van der Waals surface area contributed by atoms with Crippen LogP contribution in [-0.2, 0) is 10.0 Å². The second-order valence-electron chi connectivity index (χ2n) is 6.32. The van der Waals surface area contributed by atoms with Crippen LogP contribution in [0.2, 0.25) is 5.02 Å². The van der Waals surface area contributed by atoms with E-state index in [2.05, 4.69) is 4.98 Å². The molecular formula is C20H16ClN3O4S. The van der Waals surface area contributed by atoms with Crippen LogP contribution < -0.4 is 14.6 Å². The van der Waals surface area contributed by atoms with Crippen LogP contribution >= 0.6 is 11.6 Å². The first-order valence-corrected chi connectivity index (χ1v) is 10.4. The Morgan fingerprint density at radius 2 is 1.83 bits per heavy atom. The lowest BCUT2D eigenvalue weighted by molar-refractivity contribution is 0.415. The first kappa shape index (κ1) is 19.2. The molecule has 0 radical (unpaired) electrons. The first-order chi connectivity index (χ1) is 13.8. The number of sulfonamides is 1. The standard InChI is InChI=1S/C20H16ClN3O4S/c1-23(13-6-8-14(28-2)9-7-13)29(26,27)18-11-15-17(12-16(18)21)24-10-4-3-5-19(24)22-20(15)25/h3-12H,1-2H3. The molecule has 2 aromatic carbocycles. The summed E-state index contributed by atoms with van der Waals surface area (Å²) in [6.07, 6.45) is 1.73. The summed E-state index contributed by atoms with van der Waals surface area (Å²) in [5.41, 5.74) is 0.838. The van der Waals surface area contributed by atoms with E-state index in [1.807, 2.05) is 0 Å². The molecule has 0 bridgehead atoms. The second-order valence-corrected chi connectivity index (χ2v) is 8.66. The maximum Gasteiger partial charge on any atom is 0.281 e. The summed E-state index contributed by atoms with van der Waals surface area (Å²) in [7, 11) is -1.07. The summed E-state index contributed by atoms with van der Waals surface area (Å²) in [6.45, 7) is 0. The molecule has 0 saturated carbocycles. The van der Waals surface area contributed by atoms with E-state index >= 15 is 0 Å². The van der Waals surface area contributed by atoms with E-state index in [0.717, 1.165) is 4.31 Å². The van der Waals surface area contributed by atoms with Crippen molar-refractivity contribution < 1.29 is 13.2 Å². The maximum atomic E-state index is 13.2. The molecule has 0 aliphatic heterocycles. The van der Waals surface area contributed by atoms with Gasteiger partial charge in [0.25, 0.3) is 15.6 Å².